The van der Waals surface area contributed by atoms with Crippen molar-refractivity contribution in [1.82, 2.24) is 4.90 Å². The Bertz CT molecular complexity index is 1500. The summed E-state index contributed by atoms with van der Waals surface area (Å²) >= 11 is 15.1. The highest BCUT2D eigenvalue weighted by Crippen LogP contribution is 2.38. The number of halogens is 3. The summed E-state index contributed by atoms with van der Waals surface area (Å²) in [4.78, 5) is 39.4. The zero-order valence-corrected chi connectivity index (χ0v) is 25.8. The molecule has 4 rings (SSSR count). The second-order valence-corrected chi connectivity index (χ2v) is 11.3. The van der Waals surface area contributed by atoms with Gasteiger partial charge in [-0.25, -0.2) is 0 Å². The molecule has 0 saturated carbocycles. The van der Waals surface area contributed by atoms with Gasteiger partial charge in [0.05, 0.1) is 27.9 Å². The molecule has 1 fully saturated rings. The first-order valence-electron chi connectivity index (χ1n) is 11.9. The van der Waals surface area contributed by atoms with E-state index in [9.17, 15) is 14.4 Å². The predicted octanol–water partition coefficient (Wildman–Crippen LogP) is 7.26. The van der Waals surface area contributed by atoms with E-state index < -0.39 is 23.6 Å². The summed E-state index contributed by atoms with van der Waals surface area (Å²) in [6.45, 7) is 2.00. The molecule has 1 heterocycles. The number of thioether (sulfide) groups is 1. The van der Waals surface area contributed by atoms with Crippen LogP contribution in [-0.2, 0) is 16.2 Å². The van der Waals surface area contributed by atoms with E-state index >= 15 is 0 Å². The number of carbonyl (C=O) groups excluding carboxylic acids is 3. The number of imide groups is 1. The maximum Gasteiger partial charge on any atom is 0.294 e. The van der Waals surface area contributed by atoms with Gasteiger partial charge in [-0.3, -0.25) is 19.3 Å². The van der Waals surface area contributed by atoms with E-state index in [0.29, 0.717) is 45.2 Å². The van der Waals surface area contributed by atoms with E-state index in [4.69, 9.17) is 37.4 Å². The summed E-state index contributed by atoms with van der Waals surface area (Å²) in [7, 11) is 1.48. The van der Waals surface area contributed by atoms with Crippen molar-refractivity contribution in [2.24, 2.45) is 0 Å². The minimum absolute atomic E-state index is 0.190. The smallest absolute Gasteiger partial charge is 0.294 e. The third-order valence-electron chi connectivity index (χ3n) is 5.57. The van der Waals surface area contributed by atoms with Gasteiger partial charge < -0.3 is 19.5 Å². The van der Waals surface area contributed by atoms with Gasteiger partial charge in [-0.05, 0) is 89.3 Å². The number of benzene rings is 3. The van der Waals surface area contributed by atoms with Crippen LogP contribution in [0.2, 0.25) is 10.0 Å². The third-order valence-corrected chi connectivity index (χ3v) is 7.87. The second kappa shape index (κ2) is 13.6. The van der Waals surface area contributed by atoms with Crippen molar-refractivity contribution in [3.05, 3.63) is 84.2 Å². The van der Waals surface area contributed by atoms with Crippen molar-refractivity contribution in [1.29, 1.82) is 0 Å². The molecule has 40 heavy (non-hydrogen) atoms. The van der Waals surface area contributed by atoms with Gasteiger partial charge in [-0.1, -0.05) is 41.4 Å². The molecular weight excluding hydrogens is 690 g/mol. The van der Waals surface area contributed by atoms with Crippen LogP contribution in [0.5, 0.6) is 17.2 Å². The van der Waals surface area contributed by atoms with Crippen LogP contribution in [0.4, 0.5) is 10.5 Å². The number of nitrogens with one attached hydrogen (secondary N) is 1. The molecule has 0 bridgehead atoms. The summed E-state index contributed by atoms with van der Waals surface area (Å²) in [5.74, 6) is 0.375. The zero-order valence-electron chi connectivity index (χ0n) is 21.3. The van der Waals surface area contributed by atoms with Crippen LogP contribution in [0.3, 0.4) is 0 Å². The Hall–Kier alpha value is -2.93. The molecule has 8 nitrogen and oxygen atoms in total. The van der Waals surface area contributed by atoms with Crippen LogP contribution in [-0.4, -0.2) is 42.2 Å². The van der Waals surface area contributed by atoms with E-state index in [1.165, 1.54) is 7.11 Å². The predicted molar refractivity (Wildman–Crippen MR) is 165 cm³/mol. The van der Waals surface area contributed by atoms with Gasteiger partial charge >= 0.3 is 0 Å². The summed E-state index contributed by atoms with van der Waals surface area (Å²) in [5.41, 5.74) is 1.83. The Kier molecular flexibility index (Phi) is 10.2. The molecule has 1 N–H and O–H groups in total. The van der Waals surface area contributed by atoms with Crippen molar-refractivity contribution in [3.8, 4) is 17.2 Å². The lowest BCUT2D eigenvalue weighted by Crippen LogP contribution is -2.36. The molecule has 0 aliphatic carbocycles. The molecule has 0 atom stereocenters. The monoisotopic (exact) mass is 712 g/mol. The maximum absolute atomic E-state index is 13.0. The van der Waals surface area contributed by atoms with Gasteiger partial charge in [-0.2, -0.15) is 0 Å². The lowest BCUT2D eigenvalue weighted by atomic mass is 10.1. The number of para-hydroxylation sites is 2. The van der Waals surface area contributed by atoms with E-state index in [0.717, 1.165) is 25.8 Å². The number of anilines is 1. The Balaban J connectivity index is 1.50. The van der Waals surface area contributed by atoms with Crippen LogP contribution >= 0.6 is 57.6 Å². The number of carbonyl (C=O) groups is 3. The molecule has 1 aliphatic rings. The quantitative estimate of drug-likeness (QED) is 0.175. The van der Waals surface area contributed by atoms with Crippen LogP contribution in [0.1, 0.15) is 18.1 Å². The van der Waals surface area contributed by atoms with Crippen molar-refractivity contribution in [3.63, 3.8) is 0 Å². The van der Waals surface area contributed by atoms with Crippen molar-refractivity contribution < 1.29 is 28.6 Å². The number of methoxy groups -OCH3 is 1. The minimum atomic E-state index is -0.559. The number of ether oxygens (including phenoxy) is 3. The summed E-state index contributed by atoms with van der Waals surface area (Å²) < 4.78 is 17.8. The van der Waals surface area contributed by atoms with Crippen LogP contribution in [0, 0.1) is 3.57 Å². The highest BCUT2D eigenvalue weighted by atomic mass is 127. The van der Waals surface area contributed by atoms with Crippen molar-refractivity contribution in [2.75, 3.05) is 25.6 Å². The number of rotatable bonds is 10. The molecule has 3 aromatic carbocycles. The molecule has 1 aliphatic heterocycles. The lowest BCUT2D eigenvalue weighted by Gasteiger charge is -2.15. The Labute approximate surface area is 259 Å². The molecule has 0 unspecified atom stereocenters. The van der Waals surface area contributed by atoms with Gasteiger partial charge in [0.25, 0.3) is 11.1 Å². The first-order valence-corrected chi connectivity index (χ1v) is 14.6. The van der Waals surface area contributed by atoms with Gasteiger partial charge in [-0.15, -0.1) is 0 Å². The summed E-state index contributed by atoms with van der Waals surface area (Å²) in [6, 6.07) is 15.6. The highest BCUT2D eigenvalue weighted by Gasteiger charge is 2.36. The Morgan fingerprint density at radius 3 is 2.58 bits per heavy atom. The van der Waals surface area contributed by atoms with E-state index in [-0.39, 0.29) is 11.5 Å². The topological polar surface area (TPSA) is 94.2 Å². The molecule has 0 spiro atoms. The first kappa shape index (κ1) is 30.0. The molecule has 3 amide bonds. The maximum atomic E-state index is 13.0. The fourth-order valence-electron chi connectivity index (χ4n) is 3.73. The van der Waals surface area contributed by atoms with Gasteiger partial charge in [0, 0.05) is 15.6 Å². The average molecular weight is 713 g/mol. The van der Waals surface area contributed by atoms with Crippen molar-refractivity contribution >= 4 is 86.4 Å². The van der Waals surface area contributed by atoms with Crippen LogP contribution < -0.4 is 19.5 Å². The van der Waals surface area contributed by atoms with Gasteiger partial charge in [0.2, 0.25) is 5.91 Å². The van der Waals surface area contributed by atoms with E-state index in [1.807, 2.05) is 13.0 Å². The number of nitrogens with zero attached hydrogens (tertiary/aromatic N) is 1. The first-order chi connectivity index (χ1) is 19.2. The van der Waals surface area contributed by atoms with Crippen LogP contribution in [0.15, 0.2) is 59.5 Å². The van der Waals surface area contributed by atoms with E-state index in [1.54, 1.807) is 54.6 Å². The SMILES string of the molecule is CCOc1cc(/C=C2/SC(=O)N(CC(=O)Nc3ccccc3OC)C2=O)cc(I)c1OCc1ccc(Cl)cc1Cl. The lowest BCUT2D eigenvalue weighted by molar-refractivity contribution is -0.127. The highest BCUT2D eigenvalue weighted by molar-refractivity contribution is 14.1. The molecule has 0 aromatic heterocycles. The number of hydrogen-bond donors (Lipinski definition) is 1. The van der Waals surface area contributed by atoms with E-state index in [2.05, 4.69) is 27.9 Å². The third kappa shape index (κ3) is 7.22. The van der Waals surface area contributed by atoms with Crippen molar-refractivity contribution in [2.45, 2.75) is 13.5 Å². The number of amides is 3. The average Bonchev–Trinajstić information content (AvgIpc) is 3.16. The van der Waals surface area contributed by atoms with Gasteiger partial charge in [0.15, 0.2) is 11.5 Å². The molecule has 0 radical (unpaired) electrons. The van der Waals surface area contributed by atoms with Crippen LogP contribution in [0.25, 0.3) is 6.08 Å². The fraction of sp³-hybridized carbons (Fsp3) is 0.179. The normalized spacial score (nSPS) is 14.0. The second-order valence-electron chi connectivity index (χ2n) is 8.30. The Morgan fingerprint density at radius 1 is 1.07 bits per heavy atom. The number of hydrogen-bond acceptors (Lipinski definition) is 7. The molecule has 1 saturated heterocycles. The molecular formula is C28H23Cl2IN2O6S. The largest absolute Gasteiger partial charge is 0.495 e. The fourth-order valence-corrected chi connectivity index (χ4v) is 5.81. The van der Waals surface area contributed by atoms with Gasteiger partial charge in [0.1, 0.15) is 18.9 Å². The molecule has 12 heteroatoms. The summed E-state index contributed by atoms with van der Waals surface area (Å²) in [6.07, 6.45) is 1.59. The molecule has 208 valence electrons. The zero-order chi connectivity index (χ0) is 28.8. The Morgan fingerprint density at radius 2 is 1.85 bits per heavy atom. The standard InChI is InChI=1S/C28H23Cl2IN2O6S/c1-3-38-23-11-16(10-20(31)26(23)39-15-17-8-9-18(29)13-19(17)30)12-24-27(35)33(28(36)40-24)14-25(34)32-21-6-4-5-7-22(21)37-2/h4-13H,3,14-15H2,1-2H3,(H,32,34)/b24-12+. The summed E-state index contributed by atoms with van der Waals surface area (Å²) in [5, 5.41) is 3.16. The minimum Gasteiger partial charge on any atom is -0.495 e. The molecule has 3 aromatic rings.